The number of fused-ring (bicyclic) bond motifs is 1. The maximum absolute atomic E-state index is 11.9. The summed E-state index contributed by atoms with van der Waals surface area (Å²) in [4.78, 5) is 11.9. The van der Waals surface area contributed by atoms with E-state index in [4.69, 9.17) is 0 Å². The van der Waals surface area contributed by atoms with Gasteiger partial charge in [0.2, 0.25) is 5.91 Å². The van der Waals surface area contributed by atoms with Gasteiger partial charge in [-0.05, 0) is 41.1 Å². The predicted molar refractivity (Wildman–Crippen MR) is 95.1 cm³/mol. The smallest absolute Gasteiger partial charge is 0.233 e. The van der Waals surface area contributed by atoms with Gasteiger partial charge in [-0.1, -0.05) is 6.92 Å². The number of nitrogens with zero attached hydrogens (tertiary/aromatic N) is 3. The van der Waals surface area contributed by atoms with Crippen LogP contribution in [0.1, 0.15) is 30.6 Å². The highest BCUT2D eigenvalue weighted by Gasteiger charge is 2.22. The Morgan fingerprint density at radius 2 is 2.38 bits per heavy atom. The van der Waals surface area contributed by atoms with Crippen molar-refractivity contribution in [3.8, 4) is 0 Å². The number of nitrogens with one attached hydrogen (secondary N) is 2. The lowest BCUT2D eigenvalue weighted by atomic mass is 9.99. The van der Waals surface area contributed by atoms with Crippen LogP contribution in [0.15, 0.2) is 16.8 Å². The molecular weight excluding hydrogens is 322 g/mol. The van der Waals surface area contributed by atoms with Crippen LogP contribution in [0.4, 0.5) is 0 Å². The molecule has 2 aromatic heterocycles. The minimum absolute atomic E-state index is 0.0697. The summed E-state index contributed by atoms with van der Waals surface area (Å²) in [5.74, 6) is 2.79. The lowest BCUT2D eigenvalue weighted by molar-refractivity contribution is -0.120. The van der Waals surface area contributed by atoms with Crippen molar-refractivity contribution in [3.63, 3.8) is 0 Å². The normalized spacial score (nSPS) is 16.8. The van der Waals surface area contributed by atoms with Crippen LogP contribution in [0.3, 0.4) is 0 Å². The number of aryl methyl sites for hydroxylation is 2. The maximum atomic E-state index is 11.9. The minimum atomic E-state index is 0.0697. The van der Waals surface area contributed by atoms with Gasteiger partial charge in [0.15, 0.2) is 0 Å². The summed E-state index contributed by atoms with van der Waals surface area (Å²) in [5, 5.41) is 18.9. The van der Waals surface area contributed by atoms with Gasteiger partial charge in [0.25, 0.3) is 0 Å². The fourth-order valence-corrected chi connectivity index (χ4v) is 3.82. The van der Waals surface area contributed by atoms with Crippen molar-refractivity contribution in [2.24, 2.45) is 5.92 Å². The highest BCUT2D eigenvalue weighted by atomic mass is 32.1. The zero-order valence-corrected chi connectivity index (χ0v) is 14.9. The van der Waals surface area contributed by atoms with E-state index in [0.29, 0.717) is 19.0 Å². The molecule has 3 heterocycles. The summed E-state index contributed by atoms with van der Waals surface area (Å²) in [7, 11) is 0. The molecule has 0 spiro atoms. The van der Waals surface area contributed by atoms with E-state index in [0.717, 1.165) is 50.4 Å². The fourth-order valence-electron chi connectivity index (χ4n) is 3.11. The van der Waals surface area contributed by atoms with Crippen molar-refractivity contribution in [2.75, 3.05) is 19.6 Å². The summed E-state index contributed by atoms with van der Waals surface area (Å²) in [5.41, 5.74) is 1.28. The minimum Gasteiger partial charge on any atom is -0.355 e. The molecule has 0 saturated heterocycles. The second-order valence-electron chi connectivity index (χ2n) is 6.26. The number of carbonyl (C=O) groups is 1. The third-order valence-corrected chi connectivity index (χ3v) is 5.20. The Balaban J connectivity index is 1.34. The first-order chi connectivity index (χ1) is 11.8. The van der Waals surface area contributed by atoms with Gasteiger partial charge in [-0.3, -0.25) is 4.79 Å². The van der Waals surface area contributed by atoms with Crippen LogP contribution < -0.4 is 10.6 Å². The standard InChI is InChI=1S/C17H25N5OS/c1-2-15-20-21-16-4-3-14(11-22(15)16)9-18-10-17(23)19-7-5-13-6-8-24-12-13/h6,8,12,14,18H,2-5,7,9-11H2,1H3,(H,19,23). The van der Waals surface area contributed by atoms with E-state index in [1.807, 2.05) is 0 Å². The zero-order valence-electron chi connectivity index (χ0n) is 14.1. The summed E-state index contributed by atoms with van der Waals surface area (Å²) in [6.45, 7) is 5.01. The van der Waals surface area contributed by atoms with Gasteiger partial charge >= 0.3 is 0 Å². The third-order valence-electron chi connectivity index (χ3n) is 4.47. The van der Waals surface area contributed by atoms with Crippen molar-refractivity contribution in [1.29, 1.82) is 0 Å². The summed E-state index contributed by atoms with van der Waals surface area (Å²) < 4.78 is 2.25. The molecule has 0 aliphatic carbocycles. The van der Waals surface area contributed by atoms with Crippen molar-refractivity contribution < 1.29 is 4.79 Å². The van der Waals surface area contributed by atoms with Crippen molar-refractivity contribution >= 4 is 17.2 Å². The topological polar surface area (TPSA) is 71.8 Å². The van der Waals surface area contributed by atoms with Gasteiger partial charge in [0.05, 0.1) is 6.54 Å². The molecule has 2 N–H and O–H groups in total. The average Bonchev–Trinajstić information content (AvgIpc) is 3.23. The molecule has 7 heteroatoms. The first-order valence-electron chi connectivity index (χ1n) is 8.65. The lowest BCUT2D eigenvalue weighted by Gasteiger charge is -2.24. The summed E-state index contributed by atoms with van der Waals surface area (Å²) in [6.07, 6.45) is 3.90. The molecule has 1 unspecified atom stereocenters. The van der Waals surface area contributed by atoms with E-state index < -0.39 is 0 Å². The van der Waals surface area contributed by atoms with Gasteiger partial charge in [-0.25, -0.2) is 0 Å². The first kappa shape index (κ1) is 17.1. The number of aromatic nitrogens is 3. The van der Waals surface area contributed by atoms with Gasteiger partial charge in [0.1, 0.15) is 11.6 Å². The Bertz CT molecular complexity index is 638. The second-order valence-corrected chi connectivity index (χ2v) is 7.04. The number of thiophene rings is 1. The number of carbonyl (C=O) groups excluding carboxylic acids is 1. The molecule has 1 atom stereocenters. The molecule has 0 saturated carbocycles. The molecule has 0 bridgehead atoms. The number of rotatable bonds is 8. The molecule has 3 rings (SSSR count). The molecule has 1 aliphatic heterocycles. The monoisotopic (exact) mass is 347 g/mol. The van der Waals surface area contributed by atoms with Crippen LogP contribution in [0.5, 0.6) is 0 Å². The molecule has 6 nitrogen and oxygen atoms in total. The second kappa shape index (κ2) is 8.39. The third kappa shape index (κ3) is 4.42. The van der Waals surface area contributed by atoms with Crippen LogP contribution in [0.25, 0.3) is 0 Å². The van der Waals surface area contributed by atoms with Crippen LogP contribution in [-0.2, 0) is 30.6 Å². The van der Waals surface area contributed by atoms with E-state index in [1.54, 1.807) is 11.3 Å². The van der Waals surface area contributed by atoms with E-state index in [1.165, 1.54) is 5.56 Å². The lowest BCUT2D eigenvalue weighted by Crippen LogP contribution is -2.38. The Labute approximate surface area is 146 Å². The predicted octanol–water partition coefficient (Wildman–Crippen LogP) is 1.41. The Morgan fingerprint density at radius 1 is 1.46 bits per heavy atom. The molecule has 24 heavy (non-hydrogen) atoms. The Hall–Kier alpha value is -1.73. The fraction of sp³-hybridized carbons (Fsp3) is 0.588. The van der Waals surface area contributed by atoms with E-state index in [2.05, 4.69) is 49.1 Å². The van der Waals surface area contributed by atoms with Gasteiger partial charge in [-0.15, -0.1) is 10.2 Å². The SMILES string of the molecule is CCc1nnc2n1CC(CNCC(=O)NCCc1ccsc1)CC2. The highest BCUT2D eigenvalue weighted by Crippen LogP contribution is 2.19. The molecule has 0 radical (unpaired) electrons. The van der Waals surface area contributed by atoms with Crippen molar-refractivity contribution in [2.45, 2.75) is 39.2 Å². The van der Waals surface area contributed by atoms with Gasteiger partial charge in [-0.2, -0.15) is 11.3 Å². The Kier molecular flexibility index (Phi) is 5.98. The Morgan fingerprint density at radius 3 is 3.17 bits per heavy atom. The van der Waals surface area contributed by atoms with Gasteiger partial charge < -0.3 is 15.2 Å². The summed E-state index contributed by atoms with van der Waals surface area (Å²) in [6, 6.07) is 2.10. The number of hydrogen-bond donors (Lipinski definition) is 2. The van der Waals surface area contributed by atoms with E-state index in [9.17, 15) is 4.79 Å². The first-order valence-corrected chi connectivity index (χ1v) is 9.60. The molecule has 1 aliphatic rings. The van der Waals surface area contributed by atoms with E-state index >= 15 is 0 Å². The van der Waals surface area contributed by atoms with Crippen molar-refractivity contribution in [3.05, 3.63) is 34.0 Å². The van der Waals surface area contributed by atoms with Crippen LogP contribution in [-0.4, -0.2) is 40.3 Å². The summed E-state index contributed by atoms with van der Waals surface area (Å²) >= 11 is 1.69. The molecule has 0 fully saturated rings. The molecule has 2 aromatic rings. The van der Waals surface area contributed by atoms with E-state index in [-0.39, 0.29) is 5.91 Å². The average molecular weight is 347 g/mol. The molecule has 0 aromatic carbocycles. The van der Waals surface area contributed by atoms with Crippen LogP contribution in [0, 0.1) is 5.92 Å². The molecule has 1 amide bonds. The number of amides is 1. The van der Waals surface area contributed by atoms with Crippen molar-refractivity contribution in [1.82, 2.24) is 25.4 Å². The quantitative estimate of drug-likeness (QED) is 0.757. The maximum Gasteiger partial charge on any atom is 0.233 e. The largest absolute Gasteiger partial charge is 0.355 e. The van der Waals surface area contributed by atoms with Gasteiger partial charge in [0, 0.05) is 32.5 Å². The highest BCUT2D eigenvalue weighted by molar-refractivity contribution is 7.07. The molecular formula is C17H25N5OS. The van der Waals surface area contributed by atoms with Crippen LogP contribution in [0.2, 0.25) is 0 Å². The van der Waals surface area contributed by atoms with Crippen LogP contribution >= 0.6 is 11.3 Å². The zero-order chi connectivity index (χ0) is 16.8. The molecule has 130 valence electrons. The number of hydrogen-bond acceptors (Lipinski definition) is 5.